The predicted molar refractivity (Wildman–Crippen MR) is 111 cm³/mol. The Kier molecular flexibility index (Phi) is 3.93. The number of methoxy groups -OCH3 is 1. The van der Waals surface area contributed by atoms with Gasteiger partial charge in [-0.2, -0.15) is 0 Å². The Morgan fingerprint density at radius 1 is 0.679 bits per heavy atom. The van der Waals surface area contributed by atoms with Crippen LogP contribution >= 0.6 is 0 Å². The third-order valence-electron chi connectivity index (χ3n) is 5.65. The van der Waals surface area contributed by atoms with E-state index in [0.717, 1.165) is 49.9 Å². The van der Waals surface area contributed by atoms with Crippen molar-refractivity contribution in [2.75, 3.05) is 7.11 Å². The van der Waals surface area contributed by atoms with Crippen LogP contribution in [0.15, 0.2) is 78.9 Å². The summed E-state index contributed by atoms with van der Waals surface area (Å²) < 4.78 is 5.29. The molecular weight excluding hydrogens is 348 g/mol. The standard InChI is InChI=1S/C25H20O3/c1-28-17-12-9-16(10-13-17)19-7-4-8-20-22(19)23-18-6-3-2-5-15(18)11-14-21(23)25(27)24(20)26/h2-14,24-27H,1H3/t24-,25-/m1/s1. The van der Waals surface area contributed by atoms with E-state index in [9.17, 15) is 10.2 Å². The molecule has 0 saturated carbocycles. The lowest BCUT2D eigenvalue weighted by atomic mass is 9.77. The highest BCUT2D eigenvalue weighted by Crippen LogP contribution is 2.50. The minimum Gasteiger partial charge on any atom is -0.497 e. The van der Waals surface area contributed by atoms with Crippen molar-refractivity contribution in [1.82, 2.24) is 0 Å². The molecule has 5 rings (SSSR count). The summed E-state index contributed by atoms with van der Waals surface area (Å²) in [4.78, 5) is 0. The highest BCUT2D eigenvalue weighted by atomic mass is 16.5. The van der Waals surface area contributed by atoms with Gasteiger partial charge in [-0.15, -0.1) is 0 Å². The molecular formula is C25H20O3. The molecule has 0 heterocycles. The van der Waals surface area contributed by atoms with Gasteiger partial charge in [-0.05, 0) is 56.3 Å². The summed E-state index contributed by atoms with van der Waals surface area (Å²) in [5.74, 6) is 0.801. The summed E-state index contributed by atoms with van der Waals surface area (Å²) in [7, 11) is 1.65. The lowest BCUT2D eigenvalue weighted by Crippen LogP contribution is -2.18. The summed E-state index contributed by atoms with van der Waals surface area (Å²) in [6, 6.07) is 25.9. The molecule has 3 nitrogen and oxygen atoms in total. The van der Waals surface area contributed by atoms with Crippen LogP contribution in [0, 0.1) is 0 Å². The number of aliphatic hydroxyl groups is 2. The summed E-state index contributed by atoms with van der Waals surface area (Å²) in [5, 5.41) is 23.8. The van der Waals surface area contributed by atoms with Crippen molar-refractivity contribution in [2.24, 2.45) is 0 Å². The normalized spacial score (nSPS) is 17.8. The van der Waals surface area contributed by atoms with Crippen LogP contribution in [0.3, 0.4) is 0 Å². The van der Waals surface area contributed by atoms with Gasteiger partial charge in [0.05, 0.1) is 7.11 Å². The van der Waals surface area contributed by atoms with Crippen molar-refractivity contribution in [2.45, 2.75) is 12.2 Å². The third kappa shape index (κ3) is 2.44. The second-order valence-electron chi connectivity index (χ2n) is 7.14. The molecule has 0 bridgehead atoms. The van der Waals surface area contributed by atoms with Crippen molar-refractivity contribution >= 4 is 10.8 Å². The van der Waals surface area contributed by atoms with Gasteiger partial charge in [-0.1, -0.05) is 66.7 Å². The molecule has 0 fully saturated rings. The molecule has 28 heavy (non-hydrogen) atoms. The zero-order valence-corrected chi connectivity index (χ0v) is 15.5. The number of ether oxygens (including phenoxy) is 1. The molecule has 4 aromatic carbocycles. The number of hydrogen-bond acceptors (Lipinski definition) is 3. The van der Waals surface area contributed by atoms with E-state index in [1.807, 2.05) is 60.7 Å². The molecule has 2 N–H and O–H groups in total. The quantitative estimate of drug-likeness (QED) is 0.507. The smallest absolute Gasteiger partial charge is 0.118 e. The van der Waals surface area contributed by atoms with E-state index >= 15 is 0 Å². The van der Waals surface area contributed by atoms with Gasteiger partial charge in [0.2, 0.25) is 0 Å². The number of aliphatic hydroxyl groups excluding tert-OH is 2. The number of hydrogen-bond donors (Lipinski definition) is 2. The largest absolute Gasteiger partial charge is 0.497 e. The Balaban J connectivity index is 1.86. The van der Waals surface area contributed by atoms with Gasteiger partial charge in [0.1, 0.15) is 18.0 Å². The second kappa shape index (κ2) is 6.48. The fraction of sp³-hybridized carbons (Fsp3) is 0.120. The first kappa shape index (κ1) is 17.0. The van der Waals surface area contributed by atoms with Gasteiger partial charge in [-0.25, -0.2) is 0 Å². The van der Waals surface area contributed by atoms with Crippen LogP contribution in [0.5, 0.6) is 5.75 Å². The molecule has 1 aliphatic rings. The average Bonchev–Trinajstić information content (AvgIpc) is 2.76. The van der Waals surface area contributed by atoms with Crippen molar-refractivity contribution in [1.29, 1.82) is 0 Å². The SMILES string of the molecule is COc1ccc(-c2cccc3c2-c2c(ccc4ccccc24)[C@@H](O)[C@@H]3O)cc1. The third-order valence-corrected chi connectivity index (χ3v) is 5.65. The topological polar surface area (TPSA) is 49.7 Å². The highest BCUT2D eigenvalue weighted by molar-refractivity contribution is 6.04. The molecule has 0 saturated heterocycles. The fourth-order valence-corrected chi connectivity index (χ4v) is 4.26. The van der Waals surface area contributed by atoms with E-state index in [0.29, 0.717) is 0 Å². The molecule has 0 unspecified atom stereocenters. The van der Waals surface area contributed by atoms with E-state index < -0.39 is 12.2 Å². The highest BCUT2D eigenvalue weighted by Gasteiger charge is 2.33. The van der Waals surface area contributed by atoms with Crippen molar-refractivity contribution in [3.63, 3.8) is 0 Å². The summed E-state index contributed by atoms with van der Waals surface area (Å²) in [6.07, 6.45) is -1.90. The van der Waals surface area contributed by atoms with Crippen LogP contribution in [0.2, 0.25) is 0 Å². The number of fused-ring (bicyclic) bond motifs is 5. The van der Waals surface area contributed by atoms with Gasteiger partial charge in [0.25, 0.3) is 0 Å². The number of rotatable bonds is 2. The zero-order valence-electron chi connectivity index (χ0n) is 15.5. The first-order valence-electron chi connectivity index (χ1n) is 9.34. The van der Waals surface area contributed by atoms with Gasteiger partial charge >= 0.3 is 0 Å². The van der Waals surface area contributed by atoms with Crippen LogP contribution in [0.4, 0.5) is 0 Å². The van der Waals surface area contributed by atoms with Gasteiger partial charge in [0, 0.05) is 0 Å². The summed E-state index contributed by atoms with van der Waals surface area (Å²) in [6.45, 7) is 0. The van der Waals surface area contributed by atoms with Crippen molar-refractivity contribution in [3.8, 4) is 28.0 Å². The molecule has 4 aromatic rings. The lowest BCUT2D eigenvalue weighted by Gasteiger charge is -2.32. The minimum absolute atomic E-state index is 0.754. The Labute approximate surface area is 163 Å². The maximum absolute atomic E-state index is 10.8. The van der Waals surface area contributed by atoms with E-state index in [1.165, 1.54) is 0 Å². The molecule has 2 atom stereocenters. The first-order chi connectivity index (χ1) is 13.7. The molecule has 0 aliphatic heterocycles. The molecule has 0 aromatic heterocycles. The van der Waals surface area contributed by atoms with E-state index in [2.05, 4.69) is 18.2 Å². The zero-order chi connectivity index (χ0) is 19.3. The summed E-state index contributed by atoms with van der Waals surface area (Å²) >= 11 is 0. The van der Waals surface area contributed by atoms with Crippen molar-refractivity contribution in [3.05, 3.63) is 90.0 Å². The minimum atomic E-state index is -0.957. The first-order valence-corrected chi connectivity index (χ1v) is 9.34. The Hall–Kier alpha value is -3.14. The van der Waals surface area contributed by atoms with Crippen LogP contribution in [-0.2, 0) is 0 Å². The predicted octanol–water partition coefficient (Wildman–Crippen LogP) is 5.26. The molecule has 3 heteroatoms. The monoisotopic (exact) mass is 368 g/mol. The number of benzene rings is 4. The van der Waals surface area contributed by atoms with E-state index in [-0.39, 0.29) is 0 Å². The maximum atomic E-state index is 10.8. The van der Waals surface area contributed by atoms with Crippen LogP contribution in [0.25, 0.3) is 33.0 Å². The maximum Gasteiger partial charge on any atom is 0.118 e. The molecule has 0 radical (unpaired) electrons. The molecule has 0 amide bonds. The molecule has 1 aliphatic carbocycles. The van der Waals surface area contributed by atoms with Gasteiger partial charge in [0.15, 0.2) is 0 Å². The summed E-state index contributed by atoms with van der Waals surface area (Å²) in [5.41, 5.74) is 5.57. The molecule has 138 valence electrons. The van der Waals surface area contributed by atoms with Crippen molar-refractivity contribution < 1.29 is 14.9 Å². The van der Waals surface area contributed by atoms with Gasteiger partial charge in [-0.3, -0.25) is 0 Å². The average molecular weight is 368 g/mol. The van der Waals surface area contributed by atoms with Crippen LogP contribution < -0.4 is 4.74 Å². The van der Waals surface area contributed by atoms with Crippen LogP contribution in [0.1, 0.15) is 23.3 Å². The Morgan fingerprint density at radius 2 is 1.39 bits per heavy atom. The second-order valence-corrected chi connectivity index (χ2v) is 7.14. The lowest BCUT2D eigenvalue weighted by molar-refractivity contribution is 0.0159. The van der Waals surface area contributed by atoms with E-state index in [1.54, 1.807) is 7.11 Å². The van der Waals surface area contributed by atoms with Crippen LogP contribution in [-0.4, -0.2) is 17.3 Å². The Bertz CT molecular complexity index is 1180. The van der Waals surface area contributed by atoms with Gasteiger partial charge < -0.3 is 14.9 Å². The Morgan fingerprint density at radius 3 is 2.14 bits per heavy atom. The molecule has 0 spiro atoms. The van der Waals surface area contributed by atoms with E-state index in [4.69, 9.17) is 4.74 Å². The fourth-order valence-electron chi connectivity index (χ4n) is 4.26.